The third-order valence-corrected chi connectivity index (χ3v) is 3.40. The highest BCUT2D eigenvalue weighted by Gasteiger charge is 2.10. The summed E-state index contributed by atoms with van der Waals surface area (Å²) in [7, 11) is 0. The van der Waals surface area contributed by atoms with Gasteiger partial charge in [0, 0.05) is 10.9 Å². The van der Waals surface area contributed by atoms with Gasteiger partial charge in [-0.25, -0.2) is 4.98 Å². The van der Waals surface area contributed by atoms with Crippen molar-refractivity contribution in [3.63, 3.8) is 0 Å². The van der Waals surface area contributed by atoms with Gasteiger partial charge in [0.05, 0.1) is 5.52 Å². The van der Waals surface area contributed by atoms with E-state index in [1.807, 2.05) is 43.3 Å². The zero-order valence-corrected chi connectivity index (χ0v) is 12.5. The van der Waals surface area contributed by atoms with E-state index < -0.39 is 5.91 Å². The van der Waals surface area contributed by atoms with Crippen LogP contribution in [0.15, 0.2) is 60.7 Å². The second-order valence-electron chi connectivity index (χ2n) is 5.17. The van der Waals surface area contributed by atoms with Crippen molar-refractivity contribution in [2.75, 3.05) is 0 Å². The van der Waals surface area contributed by atoms with Crippen LogP contribution in [0.25, 0.3) is 10.9 Å². The SMILES string of the molecule is Cc1cccc(C(=O)NNC(=O)c2ccc3ccccc3n2)c1. The van der Waals surface area contributed by atoms with Gasteiger partial charge in [-0.05, 0) is 31.2 Å². The van der Waals surface area contributed by atoms with E-state index in [1.54, 1.807) is 24.3 Å². The number of hydrogen-bond acceptors (Lipinski definition) is 3. The van der Waals surface area contributed by atoms with Crippen LogP contribution in [0.5, 0.6) is 0 Å². The number of aryl methyl sites for hydroxylation is 1. The Hall–Kier alpha value is -3.21. The Labute approximate surface area is 133 Å². The molecule has 5 nitrogen and oxygen atoms in total. The fraction of sp³-hybridized carbons (Fsp3) is 0.0556. The molecule has 2 amide bonds. The van der Waals surface area contributed by atoms with Crippen LogP contribution in [0.4, 0.5) is 0 Å². The number of hydrogen-bond donors (Lipinski definition) is 2. The normalized spacial score (nSPS) is 10.3. The summed E-state index contributed by atoms with van der Waals surface area (Å²) in [6, 6.07) is 18.1. The van der Waals surface area contributed by atoms with E-state index in [0.29, 0.717) is 5.56 Å². The first-order valence-electron chi connectivity index (χ1n) is 7.16. The Bertz CT molecular complexity index is 890. The maximum absolute atomic E-state index is 12.1. The third-order valence-electron chi connectivity index (χ3n) is 3.40. The van der Waals surface area contributed by atoms with Gasteiger partial charge in [0.1, 0.15) is 5.69 Å². The first-order valence-corrected chi connectivity index (χ1v) is 7.16. The van der Waals surface area contributed by atoms with Gasteiger partial charge in [-0.1, -0.05) is 42.0 Å². The number of nitrogens with zero attached hydrogens (tertiary/aromatic N) is 1. The Kier molecular flexibility index (Phi) is 4.01. The fourth-order valence-electron chi connectivity index (χ4n) is 2.23. The summed E-state index contributed by atoms with van der Waals surface area (Å²) in [6.07, 6.45) is 0. The molecular formula is C18H15N3O2. The third kappa shape index (κ3) is 3.35. The molecule has 3 rings (SSSR count). The molecule has 0 bridgehead atoms. The topological polar surface area (TPSA) is 71.1 Å². The number of nitrogens with one attached hydrogen (secondary N) is 2. The average molecular weight is 305 g/mol. The summed E-state index contributed by atoms with van der Waals surface area (Å²) in [6.45, 7) is 1.90. The molecule has 0 radical (unpaired) electrons. The predicted molar refractivity (Wildman–Crippen MR) is 87.9 cm³/mol. The molecule has 0 saturated heterocycles. The number of carbonyl (C=O) groups excluding carboxylic acids is 2. The molecule has 114 valence electrons. The van der Waals surface area contributed by atoms with Crippen LogP contribution < -0.4 is 10.9 Å². The van der Waals surface area contributed by atoms with E-state index in [2.05, 4.69) is 15.8 Å². The first kappa shape index (κ1) is 14.7. The Morgan fingerprint density at radius 2 is 1.65 bits per heavy atom. The largest absolute Gasteiger partial charge is 0.288 e. The van der Waals surface area contributed by atoms with Crippen LogP contribution in [0, 0.1) is 6.92 Å². The molecule has 1 aromatic heterocycles. The van der Waals surface area contributed by atoms with Gasteiger partial charge < -0.3 is 0 Å². The molecule has 0 spiro atoms. The Balaban J connectivity index is 1.69. The van der Waals surface area contributed by atoms with Crippen molar-refractivity contribution in [2.24, 2.45) is 0 Å². The van der Waals surface area contributed by atoms with Crippen molar-refractivity contribution >= 4 is 22.7 Å². The van der Waals surface area contributed by atoms with Crippen molar-refractivity contribution in [3.05, 3.63) is 77.5 Å². The van der Waals surface area contributed by atoms with E-state index in [0.717, 1.165) is 16.5 Å². The van der Waals surface area contributed by atoms with Crippen molar-refractivity contribution in [3.8, 4) is 0 Å². The number of rotatable bonds is 2. The minimum Gasteiger partial charge on any atom is -0.267 e. The number of fused-ring (bicyclic) bond motifs is 1. The van der Waals surface area contributed by atoms with Crippen LogP contribution in [-0.2, 0) is 0 Å². The number of hydrazine groups is 1. The molecule has 2 N–H and O–H groups in total. The van der Waals surface area contributed by atoms with Gasteiger partial charge in [0.15, 0.2) is 0 Å². The molecular weight excluding hydrogens is 290 g/mol. The lowest BCUT2D eigenvalue weighted by molar-refractivity contribution is 0.0844. The molecule has 23 heavy (non-hydrogen) atoms. The number of aromatic nitrogens is 1. The maximum Gasteiger partial charge on any atom is 0.288 e. The molecule has 1 heterocycles. The lowest BCUT2D eigenvalue weighted by Gasteiger charge is -2.08. The molecule has 2 aromatic carbocycles. The summed E-state index contributed by atoms with van der Waals surface area (Å²) in [5.41, 5.74) is 7.20. The van der Waals surface area contributed by atoms with E-state index in [9.17, 15) is 9.59 Å². The zero-order valence-electron chi connectivity index (χ0n) is 12.5. The molecule has 0 aliphatic heterocycles. The smallest absolute Gasteiger partial charge is 0.267 e. The summed E-state index contributed by atoms with van der Waals surface area (Å²) >= 11 is 0. The number of carbonyl (C=O) groups is 2. The molecule has 0 fully saturated rings. The molecule has 0 unspecified atom stereocenters. The Morgan fingerprint density at radius 3 is 2.48 bits per heavy atom. The van der Waals surface area contributed by atoms with Gasteiger partial charge in [0.2, 0.25) is 0 Å². The standard InChI is InChI=1S/C18H15N3O2/c1-12-5-4-7-14(11-12)17(22)20-21-18(23)16-10-9-13-6-2-3-8-15(13)19-16/h2-11H,1H3,(H,20,22)(H,21,23). The van der Waals surface area contributed by atoms with Crippen LogP contribution in [0.3, 0.4) is 0 Å². The second-order valence-corrected chi connectivity index (χ2v) is 5.17. The highest BCUT2D eigenvalue weighted by atomic mass is 16.2. The Morgan fingerprint density at radius 1 is 0.870 bits per heavy atom. The van der Waals surface area contributed by atoms with Gasteiger partial charge in [0.25, 0.3) is 11.8 Å². The lowest BCUT2D eigenvalue weighted by Crippen LogP contribution is -2.41. The summed E-state index contributed by atoms with van der Waals surface area (Å²) in [5, 5.41) is 0.952. The van der Waals surface area contributed by atoms with E-state index in [1.165, 1.54) is 0 Å². The lowest BCUT2D eigenvalue weighted by atomic mass is 10.1. The van der Waals surface area contributed by atoms with Crippen LogP contribution in [0.2, 0.25) is 0 Å². The van der Waals surface area contributed by atoms with Crippen molar-refractivity contribution in [1.82, 2.24) is 15.8 Å². The number of benzene rings is 2. The highest BCUT2D eigenvalue weighted by Crippen LogP contribution is 2.11. The predicted octanol–water partition coefficient (Wildman–Crippen LogP) is 2.62. The quantitative estimate of drug-likeness (QED) is 0.715. The van der Waals surface area contributed by atoms with Crippen molar-refractivity contribution in [2.45, 2.75) is 6.92 Å². The van der Waals surface area contributed by atoms with Gasteiger partial charge in [-0.3, -0.25) is 20.4 Å². The molecule has 0 saturated carbocycles. The molecule has 0 aliphatic rings. The fourth-order valence-corrected chi connectivity index (χ4v) is 2.23. The molecule has 5 heteroatoms. The molecule has 0 aliphatic carbocycles. The molecule has 3 aromatic rings. The average Bonchev–Trinajstić information content (AvgIpc) is 2.59. The number of pyridine rings is 1. The van der Waals surface area contributed by atoms with Crippen molar-refractivity contribution in [1.29, 1.82) is 0 Å². The molecule has 0 atom stereocenters. The zero-order chi connectivity index (χ0) is 16.2. The van der Waals surface area contributed by atoms with E-state index in [4.69, 9.17) is 0 Å². The highest BCUT2D eigenvalue weighted by molar-refractivity contribution is 5.99. The maximum atomic E-state index is 12.1. The minimum atomic E-state index is -0.461. The second kappa shape index (κ2) is 6.27. The summed E-state index contributed by atoms with van der Waals surface area (Å²) in [4.78, 5) is 28.4. The van der Waals surface area contributed by atoms with Gasteiger partial charge in [-0.2, -0.15) is 0 Å². The number of amides is 2. The number of para-hydroxylation sites is 1. The van der Waals surface area contributed by atoms with Crippen LogP contribution >= 0.6 is 0 Å². The van der Waals surface area contributed by atoms with E-state index >= 15 is 0 Å². The summed E-state index contributed by atoms with van der Waals surface area (Å²) in [5.74, 6) is -0.834. The summed E-state index contributed by atoms with van der Waals surface area (Å²) < 4.78 is 0. The van der Waals surface area contributed by atoms with Crippen LogP contribution in [-0.4, -0.2) is 16.8 Å². The van der Waals surface area contributed by atoms with E-state index in [-0.39, 0.29) is 11.6 Å². The minimum absolute atomic E-state index is 0.244. The van der Waals surface area contributed by atoms with Crippen molar-refractivity contribution < 1.29 is 9.59 Å². The van der Waals surface area contributed by atoms with Gasteiger partial charge in [-0.15, -0.1) is 0 Å². The van der Waals surface area contributed by atoms with Crippen LogP contribution in [0.1, 0.15) is 26.4 Å². The first-order chi connectivity index (χ1) is 11.1. The van der Waals surface area contributed by atoms with Gasteiger partial charge >= 0.3 is 0 Å². The monoisotopic (exact) mass is 305 g/mol.